The Balaban J connectivity index is 1.50. The van der Waals surface area contributed by atoms with E-state index >= 15 is 0 Å². The van der Waals surface area contributed by atoms with E-state index < -0.39 is 5.67 Å². The Morgan fingerprint density at radius 2 is 2.17 bits per heavy atom. The lowest BCUT2D eigenvalue weighted by atomic mass is 9.79. The molecule has 3 heteroatoms. The van der Waals surface area contributed by atoms with Gasteiger partial charge in [0.15, 0.2) is 0 Å². The summed E-state index contributed by atoms with van der Waals surface area (Å²) >= 11 is 0. The van der Waals surface area contributed by atoms with E-state index in [1.807, 2.05) is 0 Å². The number of morpholine rings is 1. The highest BCUT2D eigenvalue weighted by Gasteiger charge is 2.43. The number of fused-ring (bicyclic) bond motifs is 2. The minimum absolute atomic E-state index is 0.215. The van der Waals surface area contributed by atoms with Crippen molar-refractivity contribution in [2.45, 2.75) is 57.2 Å². The number of hydrogen-bond acceptors (Lipinski definition) is 2. The second kappa shape index (κ2) is 5.09. The molecule has 0 spiro atoms. The summed E-state index contributed by atoms with van der Waals surface area (Å²) in [5, 5.41) is 3.37. The van der Waals surface area contributed by atoms with Crippen LogP contribution in [0.5, 0.6) is 0 Å². The lowest BCUT2D eigenvalue weighted by Crippen LogP contribution is -2.45. The summed E-state index contributed by atoms with van der Waals surface area (Å²) < 4.78 is 20.2. The fourth-order valence-corrected chi connectivity index (χ4v) is 4.52. The quantitative estimate of drug-likeness (QED) is 0.834. The minimum atomic E-state index is -1.02. The molecule has 0 amide bonds. The molecule has 5 atom stereocenters. The molecule has 2 nitrogen and oxygen atoms in total. The van der Waals surface area contributed by atoms with E-state index in [1.54, 1.807) is 6.92 Å². The van der Waals surface area contributed by atoms with E-state index in [1.165, 1.54) is 25.7 Å². The van der Waals surface area contributed by atoms with Crippen molar-refractivity contribution in [2.75, 3.05) is 19.8 Å². The van der Waals surface area contributed by atoms with Crippen LogP contribution < -0.4 is 5.32 Å². The Hall–Kier alpha value is -0.150. The molecule has 0 aromatic carbocycles. The first-order valence-electron chi connectivity index (χ1n) is 7.62. The smallest absolute Gasteiger partial charge is 0.110 e. The Bertz CT molecular complexity index is 288. The topological polar surface area (TPSA) is 21.3 Å². The van der Waals surface area contributed by atoms with Gasteiger partial charge in [-0.15, -0.1) is 0 Å². The van der Waals surface area contributed by atoms with Gasteiger partial charge in [0.1, 0.15) is 5.67 Å². The standard InChI is InChI=1S/C15H26FNO/c1-15(16,9-14-10-18-5-4-17-14)8-13-7-11-2-3-12(13)6-11/h11-14,17H,2-10H2,1H3. The number of alkyl halides is 1. The Morgan fingerprint density at radius 1 is 1.28 bits per heavy atom. The van der Waals surface area contributed by atoms with Crippen LogP contribution in [0, 0.1) is 17.8 Å². The molecule has 1 N–H and O–H groups in total. The molecule has 0 aromatic heterocycles. The van der Waals surface area contributed by atoms with Gasteiger partial charge in [0.2, 0.25) is 0 Å². The third kappa shape index (κ3) is 2.88. The van der Waals surface area contributed by atoms with Gasteiger partial charge in [-0.05, 0) is 56.8 Å². The van der Waals surface area contributed by atoms with Crippen LogP contribution in [-0.4, -0.2) is 31.5 Å². The summed E-state index contributed by atoms with van der Waals surface area (Å²) in [5.74, 6) is 2.41. The maximum Gasteiger partial charge on any atom is 0.110 e. The first kappa shape index (κ1) is 12.9. The van der Waals surface area contributed by atoms with Gasteiger partial charge in [-0.1, -0.05) is 6.42 Å². The van der Waals surface area contributed by atoms with Gasteiger partial charge in [-0.2, -0.15) is 0 Å². The first-order valence-corrected chi connectivity index (χ1v) is 7.62. The molecular weight excluding hydrogens is 229 g/mol. The zero-order valence-electron chi connectivity index (χ0n) is 11.5. The molecule has 3 fully saturated rings. The number of halogens is 1. The predicted octanol–water partition coefficient (Wildman–Crippen LogP) is 2.92. The van der Waals surface area contributed by atoms with Gasteiger partial charge in [0, 0.05) is 12.6 Å². The van der Waals surface area contributed by atoms with Gasteiger partial charge in [-0.25, -0.2) is 4.39 Å². The number of nitrogens with one attached hydrogen (secondary N) is 1. The molecule has 5 unspecified atom stereocenters. The predicted molar refractivity (Wildman–Crippen MR) is 70.3 cm³/mol. The average molecular weight is 255 g/mol. The Kier molecular flexibility index (Phi) is 3.63. The molecule has 2 aliphatic carbocycles. The summed E-state index contributed by atoms with van der Waals surface area (Å²) in [6.07, 6.45) is 6.82. The van der Waals surface area contributed by atoms with Crippen LogP contribution in [0.4, 0.5) is 4.39 Å². The summed E-state index contributed by atoms with van der Waals surface area (Å²) in [5.41, 5.74) is -1.02. The van der Waals surface area contributed by atoms with Crippen molar-refractivity contribution in [1.82, 2.24) is 5.32 Å². The SMILES string of the molecule is CC(F)(CC1COCCN1)CC1CC2CCC1C2. The van der Waals surface area contributed by atoms with E-state index in [9.17, 15) is 4.39 Å². The maximum atomic E-state index is 14.8. The molecule has 1 saturated heterocycles. The summed E-state index contributed by atoms with van der Waals surface area (Å²) in [4.78, 5) is 0. The Morgan fingerprint density at radius 3 is 2.78 bits per heavy atom. The molecule has 2 saturated carbocycles. The van der Waals surface area contributed by atoms with Gasteiger partial charge in [0.25, 0.3) is 0 Å². The molecule has 1 aliphatic heterocycles. The van der Waals surface area contributed by atoms with Gasteiger partial charge >= 0.3 is 0 Å². The second-order valence-corrected chi connectivity index (χ2v) is 6.98. The van der Waals surface area contributed by atoms with Crippen molar-refractivity contribution in [1.29, 1.82) is 0 Å². The first-order chi connectivity index (χ1) is 8.62. The molecule has 0 aromatic rings. The zero-order valence-corrected chi connectivity index (χ0v) is 11.5. The van der Waals surface area contributed by atoms with Gasteiger partial charge in [0.05, 0.1) is 13.2 Å². The lowest BCUT2D eigenvalue weighted by Gasteiger charge is -2.33. The third-order valence-corrected chi connectivity index (χ3v) is 5.24. The molecule has 1 heterocycles. The molecule has 2 bridgehead atoms. The average Bonchev–Trinajstić information content (AvgIpc) is 2.90. The van der Waals surface area contributed by atoms with Crippen molar-refractivity contribution in [3.8, 4) is 0 Å². The van der Waals surface area contributed by atoms with Crippen LogP contribution in [0.3, 0.4) is 0 Å². The molecule has 3 aliphatic rings. The fourth-order valence-electron chi connectivity index (χ4n) is 4.52. The van der Waals surface area contributed by atoms with Crippen LogP contribution in [0.25, 0.3) is 0 Å². The van der Waals surface area contributed by atoms with Gasteiger partial charge in [-0.3, -0.25) is 0 Å². The van der Waals surface area contributed by atoms with Gasteiger partial charge < -0.3 is 10.1 Å². The van der Waals surface area contributed by atoms with Crippen molar-refractivity contribution < 1.29 is 9.13 Å². The van der Waals surface area contributed by atoms with Crippen molar-refractivity contribution in [3.63, 3.8) is 0 Å². The van der Waals surface area contributed by atoms with Crippen LogP contribution in [-0.2, 0) is 4.74 Å². The molecule has 0 radical (unpaired) electrons. The number of ether oxygens (including phenoxy) is 1. The van der Waals surface area contributed by atoms with Crippen LogP contribution >= 0.6 is 0 Å². The van der Waals surface area contributed by atoms with Crippen molar-refractivity contribution >= 4 is 0 Å². The van der Waals surface area contributed by atoms with E-state index in [4.69, 9.17) is 4.74 Å². The van der Waals surface area contributed by atoms with Crippen molar-refractivity contribution in [2.24, 2.45) is 17.8 Å². The highest BCUT2D eigenvalue weighted by atomic mass is 19.1. The maximum absolute atomic E-state index is 14.8. The highest BCUT2D eigenvalue weighted by molar-refractivity contribution is 4.94. The van der Waals surface area contributed by atoms with E-state index in [0.717, 1.165) is 31.4 Å². The van der Waals surface area contributed by atoms with Crippen molar-refractivity contribution in [3.05, 3.63) is 0 Å². The normalized spacial score (nSPS) is 43.0. The van der Waals surface area contributed by atoms with E-state index in [-0.39, 0.29) is 6.04 Å². The van der Waals surface area contributed by atoms with Crippen LogP contribution in [0.2, 0.25) is 0 Å². The summed E-state index contributed by atoms with van der Waals surface area (Å²) in [7, 11) is 0. The third-order valence-electron chi connectivity index (χ3n) is 5.24. The molecule has 18 heavy (non-hydrogen) atoms. The lowest BCUT2D eigenvalue weighted by molar-refractivity contribution is 0.0368. The van der Waals surface area contributed by atoms with E-state index in [0.29, 0.717) is 18.9 Å². The monoisotopic (exact) mass is 255 g/mol. The summed E-state index contributed by atoms with van der Waals surface area (Å²) in [6.45, 7) is 4.12. The number of hydrogen-bond donors (Lipinski definition) is 1. The summed E-state index contributed by atoms with van der Waals surface area (Å²) in [6, 6.07) is 0.215. The fraction of sp³-hybridized carbons (Fsp3) is 1.00. The Labute approximate surface area is 110 Å². The van der Waals surface area contributed by atoms with E-state index in [2.05, 4.69) is 5.32 Å². The molecular formula is C15H26FNO. The second-order valence-electron chi connectivity index (χ2n) is 6.98. The molecule has 104 valence electrons. The minimum Gasteiger partial charge on any atom is -0.379 e. The molecule has 3 rings (SSSR count). The zero-order chi connectivity index (χ0) is 12.6. The van der Waals surface area contributed by atoms with Crippen LogP contribution in [0.1, 0.15) is 45.4 Å². The number of rotatable bonds is 4. The van der Waals surface area contributed by atoms with Crippen LogP contribution in [0.15, 0.2) is 0 Å². The largest absolute Gasteiger partial charge is 0.379 e. The highest BCUT2D eigenvalue weighted by Crippen LogP contribution is 2.51.